The lowest BCUT2D eigenvalue weighted by molar-refractivity contribution is -0.384. The van der Waals surface area contributed by atoms with Gasteiger partial charge in [-0.3, -0.25) is 19.8 Å². The fourth-order valence-corrected chi connectivity index (χ4v) is 2.89. The number of hydrogen-bond acceptors (Lipinski definition) is 5. The second-order valence-corrected chi connectivity index (χ2v) is 6.36. The van der Waals surface area contributed by atoms with Crippen LogP contribution in [0.25, 0.3) is 6.08 Å². The molecule has 1 saturated heterocycles. The van der Waals surface area contributed by atoms with Crippen molar-refractivity contribution in [2.45, 2.75) is 19.9 Å². The summed E-state index contributed by atoms with van der Waals surface area (Å²) in [5.41, 5.74) is 0.616. The topological polar surface area (TPSA) is 90.5 Å². The molecule has 0 N–H and O–H groups in total. The fourth-order valence-electron chi connectivity index (χ4n) is 2.89. The Morgan fingerprint density at radius 1 is 1.32 bits per heavy atom. The summed E-state index contributed by atoms with van der Waals surface area (Å²) < 4.78 is 0. The van der Waals surface area contributed by atoms with E-state index in [0.29, 0.717) is 31.7 Å². The molecule has 7 nitrogen and oxygen atoms in total. The van der Waals surface area contributed by atoms with Crippen molar-refractivity contribution in [3.63, 3.8) is 0 Å². The Morgan fingerprint density at radius 2 is 2.00 bits per heavy atom. The van der Waals surface area contributed by atoms with E-state index in [-0.39, 0.29) is 23.6 Å². The van der Waals surface area contributed by atoms with Gasteiger partial charge in [0.25, 0.3) is 5.69 Å². The van der Waals surface area contributed by atoms with E-state index in [4.69, 9.17) is 0 Å². The molecular weight excluding hydrogens is 320 g/mol. The molecule has 25 heavy (non-hydrogen) atoms. The highest BCUT2D eigenvalue weighted by atomic mass is 16.6. The predicted molar refractivity (Wildman–Crippen MR) is 94.5 cm³/mol. The van der Waals surface area contributed by atoms with Crippen molar-refractivity contribution < 1.29 is 9.72 Å². The minimum Gasteiger partial charge on any atom is -0.337 e. The third-order valence-corrected chi connectivity index (χ3v) is 4.28. The van der Waals surface area contributed by atoms with Gasteiger partial charge in [-0.15, -0.1) is 0 Å². The SMILES string of the molecule is CC(C)C(C#N)N1CCN(C(=O)C=Cc2cccc([N+](=O)[O-])c2)CC1. The molecule has 0 bridgehead atoms. The summed E-state index contributed by atoms with van der Waals surface area (Å²) in [4.78, 5) is 26.5. The van der Waals surface area contributed by atoms with Crippen LogP contribution in [-0.4, -0.2) is 52.9 Å². The van der Waals surface area contributed by atoms with Gasteiger partial charge in [-0.2, -0.15) is 5.26 Å². The van der Waals surface area contributed by atoms with Gasteiger partial charge in [0, 0.05) is 44.4 Å². The van der Waals surface area contributed by atoms with Gasteiger partial charge in [-0.1, -0.05) is 26.0 Å². The number of rotatable bonds is 5. The molecule has 1 aliphatic heterocycles. The number of amides is 1. The summed E-state index contributed by atoms with van der Waals surface area (Å²) in [6.07, 6.45) is 3.03. The summed E-state index contributed by atoms with van der Waals surface area (Å²) >= 11 is 0. The lowest BCUT2D eigenvalue weighted by Crippen LogP contribution is -2.52. The quantitative estimate of drug-likeness (QED) is 0.465. The van der Waals surface area contributed by atoms with Crippen LogP contribution in [0.4, 0.5) is 5.69 Å². The molecule has 0 radical (unpaired) electrons. The Kier molecular flexibility index (Phi) is 6.25. The molecule has 0 aromatic heterocycles. The van der Waals surface area contributed by atoms with Crippen molar-refractivity contribution in [2.75, 3.05) is 26.2 Å². The van der Waals surface area contributed by atoms with Crippen LogP contribution in [-0.2, 0) is 4.79 Å². The van der Waals surface area contributed by atoms with Crippen LogP contribution in [0.5, 0.6) is 0 Å². The lowest BCUT2D eigenvalue weighted by Gasteiger charge is -2.37. The molecule has 1 aromatic carbocycles. The summed E-state index contributed by atoms with van der Waals surface area (Å²) in [5, 5.41) is 20.0. The first-order chi connectivity index (χ1) is 11.9. The predicted octanol–water partition coefficient (Wildman–Crippen LogP) is 2.30. The Balaban J connectivity index is 1.94. The molecule has 1 amide bonds. The van der Waals surface area contributed by atoms with Crippen LogP contribution in [0.15, 0.2) is 30.3 Å². The minimum absolute atomic E-state index is 0.000515. The lowest BCUT2D eigenvalue weighted by atomic mass is 10.0. The van der Waals surface area contributed by atoms with Crippen LogP contribution in [0.3, 0.4) is 0 Å². The smallest absolute Gasteiger partial charge is 0.270 e. The number of nitrogens with zero attached hydrogens (tertiary/aromatic N) is 4. The molecule has 0 aliphatic carbocycles. The van der Waals surface area contributed by atoms with Gasteiger partial charge in [0.15, 0.2) is 0 Å². The molecule has 132 valence electrons. The summed E-state index contributed by atoms with van der Waals surface area (Å²) in [5.74, 6) is 0.130. The molecular formula is C18H22N4O3. The maximum Gasteiger partial charge on any atom is 0.270 e. The molecule has 1 aliphatic rings. The molecule has 0 saturated carbocycles. The zero-order valence-electron chi connectivity index (χ0n) is 14.5. The van der Waals surface area contributed by atoms with Gasteiger partial charge in [0.2, 0.25) is 5.91 Å². The number of non-ortho nitro benzene ring substituents is 1. The third-order valence-electron chi connectivity index (χ3n) is 4.28. The van der Waals surface area contributed by atoms with Crippen molar-refractivity contribution in [3.05, 3.63) is 46.0 Å². The zero-order chi connectivity index (χ0) is 18.4. The van der Waals surface area contributed by atoms with E-state index in [1.807, 2.05) is 13.8 Å². The van der Waals surface area contributed by atoms with E-state index >= 15 is 0 Å². The van der Waals surface area contributed by atoms with E-state index < -0.39 is 4.92 Å². The van der Waals surface area contributed by atoms with Crippen molar-refractivity contribution in [1.29, 1.82) is 5.26 Å². The van der Waals surface area contributed by atoms with Crippen LogP contribution >= 0.6 is 0 Å². The number of nitro groups is 1. The van der Waals surface area contributed by atoms with Gasteiger partial charge in [-0.05, 0) is 17.6 Å². The maximum absolute atomic E-state index is 12.3. The van der Waals surface area contributed by atoms with Crippen molar-refractivity contribution in [1.82, 2.24) is 9.80 Å². The van der Waals surface area contributed by atoms with Crippen LogP contribution in [0, 0.1) is 27.4 Å². The Hall–Kier alpha value is -2.72. The van der Waals surface area contributed by atoms with Gasteiger partial charge < -0.3 is 4.90 Å². The van der Waals surface area contributed by atoms with E-state index in [0.717, 1.165) is 0 Å². The molecule has 1 fully saturated rings. The fraction of sp³-hybridized carbons (Fsp3) is 0.444. The van der Waals surface area contributed by atoms with Crippen LogP contribution in [0.1, 0.15) is 19.4 Å². The second-order valence-electron chi connectivity index (χ2n) is 6.36. The van der Waals surface area contributed by atoms with E-state index in [1.54, 1.807) is 23.1 Å². The molecule has 0 spiro atoms. The van der Waals surface area contributed by atoms with Gasteiger partial charge in [-0.25, -0.2) is 0 Å². The molecule has 1 aromatic rings. The van der Waals surface area contributed by atoms with E-state index in [9.17, 15) is 20.2 Å². The number of carbonyl (C=O) groups is 1. The highest BCUT2D eigenvalue weighted by Crippen LogP contribution is 2.15. The van der Waals surface area contributed by atoms with Crippen molar-refractivity contribution in [3.8, 4) is 6.07 Å². The van der Waals surface area contributed by atoms with Crippen molar-refractivity contribution in [2.24, 2.45) is 5.92 Å². The third kappa shape index (κ3) is 4.88. The second kappa shape index (κ2) is 8.40. The van der Waals surface area contributed by atoms with E-state index in [1.165, 1.54) is 18.2 Å². The molecule has 1 heterocycles. The number of piperazine rings is 1. The first-order valence-corrected chi connectivity index (χ1v) is 8.27. The largest absolute Gasteiger partial charge is 0.337 e. The monoisotopic (exact) mass is 342 g/mol. The first-order valence-electron chi connectivity index (χ1n) is 8.27. The zero-order valence-corrected chi connectivity index (χ0v) is 14.5. The van der Waals surface area contributed by atoms with Crippen molar-refractivity contribution >= 4 is 17.7 Å². The highest BCUT2D eigenvalue weighted by molar-refractivity contribution is 5.91. The molecule has 1 atom stereocenters. The summed E-state index contributed by atoms with van der Waals surface area (Å²) in [7, 11) is 0. The van der Waals surface area contributed by atoms with Gasteiger partial charge >= 0.3 is 0 Å². The molecule has 1 unspecified atom stereocenters. The Bertz CT molecular complexity index is 701. The number of hydrogen-bond donors (Lipinski definition) is 0. The van der Waals surface area contributed by atoms with Crippen LogP contribution in [0.2, 0.25) is 0 Å². The first kappa shape index (κ1) is 18.6. The average molecular weight is 342 g/mol. The maximum atomic E-state index is 12.3. The Labute approximate surface area is 147 Å². The highest BCUT2D eigenvalue weighted by Gasteiger charge is 2.26. The minimum atomic E-state index is -0.460. The number of benzene rings is 1. The van der Waals surface area contributed by atoms with Crippen LogP contribution < -0.4 is 0 Å². The van der Waals surface area contributed by atoms with Gasteiger partial charge in [0.1, 0.15) is 6.04 Å². The molecule has 2 rings (SSSR count). The summed E-state index contributed by atoms with van der Waals surface area (Å²) in [6.45, 7) is 6.53. The normalized spacial score (nSPS) is 16.8. The average Bonchev–Trinajstić information content (AvgIpc) is 2.61. The number of nitriles is 1. The van der Waals surface area contributed by atoms with Gasteiger partial charge in [0.05, 0.1) is 11.0 Å². The Morgan fingerprint density at radius 3 is 2.56 bits per heavy atom. The standard InChI is InChI=1S/C18H22N4O3/c1-14(2)17(13-19)20-8-10-21(11-9-20)18(23)7-6-15-4-3-5-16(12-15)22(24)25/h3-7,12,14,17H,8-11H2,1-2H3. The van der Waals surface area contributed by atoms with E-state index in [2.05, 4.69) is 11.0 Å². The number of carbonyl (C=O) groups excluding carboxylic acids is 1. The number of nitro benzene ring substituents is 1. The molecule has 7 heteroatoms. The summed E-state index contributed by atoms with van der Waals surface area (Å²) in [6, 6.07) is 8.36.